The first-order valence-corrected chi connectivity index (χ1v) is 9.99. The van der Waals surface area contributed by atoms with E-state index in [4.69, 9.17) is 0 Å². The SMILES string of the molecule is O=[N+]([O-])c1ccc(C=Nc2ccc(C34CC5CC(CC(C5)C3)C4)cc2)cc1. The lowest BCUT2D eigenvalue weighted by atomic mass is 9.48. The van der Waals surface area contributed by atoms with Crippen LogP contribution < -0.4 is 0 Å². The summed E-state index contributed by atoms with van der Waals surface area (Å²) in [4.78, 5) is 14.9. The maximum Gasteiger partial charge on any atom is 0.269 e. The van der Waals surface area contributed by atoms with Crippen molar-refractivity contribution in [3.63, 3.8) is 0 Å². The molecule has 6 rings (SSSR count). The molecule has 0 aromatic heterocycles. The summed E-state index contributed by atoms with van der Waals surface area (Å²) in [5.41, 5.74) is 3.84. The van der Waals surface area contributed by atoms with Crippen LogP contribution in [0.1, 0.15) is 49.7 Å². The summed E-state index contributed by atoms with van der Waals surface area (Å²) in [5, 5.41) is 10.7. The van der Waals surface area contributed by atoms with Gasteiger partial charge in [0, 0.05) is 18.3 Å². The molecule has 0 N–H and O–H groups in total. The first-order chi connectivity index (χ1) is 13.1. The Balaban J connectivity index is 1.33. The van der Waals surface area contributed by atoms with Gasteiger partial charge in [-0.1, -0.05) is 12.1 Å². The molecular weight excluding hydrogens is 336 g/mol. The first-order valence-electron chi connectivity index (χ1n) is 9.99. The molecule has 0 spiro atoms. The smallest absolute Gasteiger partial charge is 0.258 e. The lowest BCUT2D eigenvalue weighted by Gasteiger charge is -2.57. The molecule has 138 valence electrons. The van der Waals surface area contributed by atoms with Crippen LogP contribution >= 0.6 is 0 Å². The predicted octanol–water partition coefficient (Wildman–Crippen LogP) is 5.81. The molecule has 0 radical (unpaired) electrons. The minimum absolute atomic E-state index is 0.104. The number of nitrogens with zero attached hydrogens (tertiary/aromatic N) is 2. The van der Waals surface area contributed by atoms with Gasteiger partial charge in [0.15, 0.2) is 0 Å². The van der Waals surface area contributed by atoms with Crippen molar-refractivity contribution < 1.29 is 4.92 Å². The van der Waals surface area contributed by atoms with E-state index in [9.17, 15) is 10.1 Å². The van der Waals surface area contributed by atoms with Gasteiger partial charge in [-0.05, 0) is 97.1 Å². The van der Waals surface area contributed by atoms with E-state index in [-0.39, 0.29) is 10.6 Å². The van der Waals surface area contributed by atoms with Gasteiger partial charge >= 0.3 is 0 Å². The molecule has 4 bridgehead atoms. The monoisotopic (exact) mass is 360 g/mol. The van der Waals surface area contributed by atoms with Gasteiger partial charge in [0.2, 0.25) is 0 Å². The number of rotatable bonds is 4. The van der Waals surface area contributed by atoms with E-state index in [1.807, 2.05) is 0 Å². The molecule has 4 saturated carbocycles. The number of hydrogen-bond donors (Lipinski definition) is 0. The third-order valence-corrected chi connectivity index (χ3v) is 6.98. The third-order valence-electron chi connectivity index (χ3n) is 6.98. The molecule has 0 saturated heterocycles. The molecule has 0 amide bonds. The first kappa shape index (κ1) is 16.7. The van der Waals surface area contributed by atoms with Crippen molar-refractivity contribution in [2.45, 2.75) is 43.9 Å². The van der Waals surface area contributed by atoms with Gasteiger partial charge in [-0.25, -0.2) is 0 Å². The lowest BCUT2D eigenvalue weighted by Crippen LogP contribution is -2.48. The highest BCUT2D eigenvalue weighted by Gasteiger charge is 2.51. The summed E-state index contributed by atoms with van der Waals surface area (Å²) in [6, 6.07) is 15.3. The maximum absolute atomic E-state index is 10.7. The van der Waals surface area contributed by atoms with E-state index in [1.54, 1.807) is 18.3 Å². The lowest BCUT2D eigenvalue weighted by molar-refractivity contribution is -0.384. The molecule has 0 heterocycles. The second kappa shape index (κ2) is 6.29. The summed E-state index contributed by atoms with van der Waals surface area (Å²) in [6.45, 7) is 0. The van der Waals surface area contributed by atoms with Gasteiger partial charge in [-0.3, -0.25) is 15.1 Å². The molecule has 0 unspecified atom stereocenters. The average Bonchev–Trinajstić information content (AvgIpc) is 2.66. The van der Waals surface area contributed by atoms with Crippen molar-refractivity contribution in [1.29, 1.82) is 0 Å². The summed E-state index contributed by atoms with van der Waals surface area (Å²) < 4.78 is 0. The Labute approximate surface area is 159 Å². The summed E-state index contributed by atoms with van der Waals surface area (Å²) in [5.74, 6) is 2.86. The van der Waals surface area contributed by atoms with Crippen molar-refractivity contribution in [3.05, 3.63) is 69.8 Å². The van der Waals surface area contributed by atoms with Crippen molar-refractivity contribution in [2.24, 2.45) is 22.7 Å². The van der Waals surface area contributed by atoms with E-state index in [2.05, 4.69) is 29.3 Å². The molecule has 4 fully saturated rings. The fourth-order valence-electron chi connectivity index (χ4n) is 6.20. The Kier molecular flexibility index (Phi) is 3.88. The van der Waals surface area contributed by atoms with E-state index in [0.29, 0.717) is 5.41 Å². The maximum atomic E-state index is 10.7. The van der Waals surface area contributed by atoms with Crippen molar-refractivity contribution in [3.8, 4) is 0 Å². The highest BCUT2D eigenvalue weighted by molar-refractivity contribution is 5.82. The zero-order chi connectivity index (χ0) is 18.4. The number of nitro benzene ring substituents is 1. The molecule has 27 heavy (non-hydrogen) atoms. The molecule has 4 heteroatoms. The number of nitro groups is 1. The summed E-state index contributed by atoms with van der Waals surface area (Å²) >= 11 is 0. The average molecular weight is 360 g/mol. The van der Waals surface area contributed by atoms with Crippen LogP contribution in [0.4, 0.5) is 11.4 Å². The fourth-order valence-corrected chi connectivity index (χ4v) is 6.20. The summed E-state index contributed by atoms with van der Waals surface area (Å²) in [7, 11) is 0. The fraction of sp³-hybridized carbons (Fsp3) is 0.435. The number of hydrogen-bond acceptors (Lipinski definition) is 3. The Morgan fingerprint density at radius 2 is 1.44 bits per heavy atom. The third kappa shape index (κ3) is 3.07. The van der Waals surface area contributed by atoms with E-state index >= 15 is 0 Å². The highest BCUT2D eigenvalue weighted by Crippen LogP contribution is 2.60. The Hall–Kier alpha value is -2.49. The van der Waals surface area contributed by atoms with Crippen LogP contribution in [0.3, 0.4) is 0 Å². The molecule has 0 aliphatic heterocycles. The van der Waals surface area contributed by atoms with Crippen molar-refractivity contribution in [1.82, 2.24) is 0 Å². The standard InChI is InChI=1S/C23H24N2O2/c26-25(27)22-7-1-16(2-8-22)15-24-21-5-3-20(4-6-21)23-12-17-9-18(13-23)11-19(10-17)14-23/h1-8,15,17-19H,9-14H2. The molecule has 4 aliphatic rings. The zero-order valence-corrected chi connectivity index (χ0v) is 15.4. The minimum Gasteiger partial charge on any atom is -0.258 e. The van der Waals surface area contributed by atoms with Crippen LogP contribution in [0.5, 0.6) is 0 Å². The van der Waals surface area contributed by atoms with E-state index < -0.39 is 0 Å². The van der Waals surface area contributed by atoms with Gasteiger partial charge in [-0.2, -0.15) is 0 Å². The Bertz CT molecular complexity index is 848. The van der Waals surface area contributed by atoms with Crippen LogP contribution in [0.2, 0.25) is 0 Å². The van der Waals surface area contributed by atoms with Gasteiger partial charge in [-0.15, -0.1) is 0 Å². The molecule has 2 aromatic rings. The second-order valence-electron chi connectivity index (χ2n) is 8.85. The quantitative estimate of drug-likeness (QED) is 0.392. The Morgan fingerprint density at radius 3 is 1.96 bits per heavy atom. The largest absolute Gasteiger partial charge is 0.269 e. The molecule has 4 aliphatic carbocycles. The van der Waals surface area contributed by atoms with Crippen LogP contribution in [-0.4, -0.2) is 11.1 Å². The minimum atomic E-state index is -0.385. The number of aliphatic imine (C=N–C) groups is 1. The molecule has 2 aromatic carbocycles. The predicted molar refractivity (Wildman–Crippen MR) is 107 cm³/mol. The topological polar surface area (TPSA) is 55.5 Å². The highest BCUT2D eigenvalue weighted by atomic mass is 16.6. The van der Waals surface area contributed by atoms with E-state index in [0.717, 1.165) is 29.0 Å². The van der Waals surface area contributed by atoms with Gasteiger partial charge in [0.25, 0.3) is 5.69 Å². The van der Waals surface area contributed by atoms with Crippen molar-refractivity contribution in [2.75, 3.05) is 0 Å². The Morgan fingerprint density at radius 1 is 0.889 bits per heavy atom. The van der Waals surface area contributed by atoms with Gasteiger partial charge < -0.3 is 0 Å². The van der Waals surface area contributed by atoms with E-state index in [1.165, 1.54) is 56.2 Å². The summed E-state index contributed by atoms with van der Waals surface area (Å²) in [6.07, 6.45) is 10.3. The van der Waals surface area contributed by atoms with Crippen LogP contribution in [-0.2, 0) is 5.41 Å². The number of non-ortho nitro benzene ring substituents is 1. The van der Waals surface area contributed by atoms with Crippen LogP contribution in [0.25, 0.3) is 0 Å². The second-order valence-corrected chi connectivity index (χ2v) is 8.85. The van der Waals surface area contributed by atoms with Crippen LogP contribution in [0.15, 0.2) is 53.5 Å². The normalized spacial score (nSPS) is 31.5. The van der Waals surface area contributed by atoms with Crippen molar-refractivity contribution >= 4 is 17.6 Å². The molecule has 0 atom stereocenters. The van der Waals surface area contributed by atoms with Gasteiger partial charge in [0.05, 0.1) is 10.6 Å². The van der Waals surface area contributed by atoms with Crippen LogP contribution in [0, 0.1) is 27.9 Å². The van der Waals surface area contributed by atoms with Gasteiger partial charge in [0.1, 0.15) is 0 Å². The molecule has 4 nitrogen and oxygen atoms in total. The number of benzene rings is 2. The zero-order valence-electron chi connectivity index (χ0n) is 15.4. The molecular formula is C23H24N2O2.